The van der Waals surface area contributed by atoms with E-state index in [9.17, 15) is 4.79 Å². The molecule has 104 valence electrons. The SMILES string of the molecule is Cc1ccc(C)c(CN(C)C(=O)c2ccc(N)cc2)c1. The first-order valence-electron chi connectivity index (χ1n) is 6.64. The zero-order chi connectivity index (χ0) is 14.7. The van der Waals surface area contributed by atoms with E-state index >= 15 is 0 Å². The van der Waals surface area contributed by atoms with Crippen LogP contribution in [0.15, 0.2) is 42.5 Å². The van der Waals surface area contributed by atoms with Gasteiger partial charge in [0, 0.05) is 24.8 Å². The quantitative estimate of drug-likeness (QED) is 0.869. The zero-order valence-electron chi connectivity index (χ0n) is 12.2. The second-order valence-corrected chi connectivity index (χ2v) is 5.21. The van der Waals surface area contributed by atoms with Gasteiger partial charge in [0.05, 0.1) is 0 Å². The summed E-state index contributed by atoms with van der Waals surface area (Å²) in [5.41, 5.74) is 10.5. The standard InChI is InChI=1S/C17H20N2O/c1-12-4-5-13(2)15(10-12)11-19(3)17(20)14-6-8-16(18)9-7-14/h4-10H,11,18H2,1-3H3. The first-order chi connectivity index (χ1) is 9.47. The van der Waals surface area contributed by atoms with Crippen LogP contribution >= 0.6 is 0 Å². The molecule has 0 saturated carbocycles. The Kier molecular flexibility index (Phi) is 4.08. The van der Waals surface area contributed by atoms with E-state index in [4.69, 9.17) is 5.73 Å². The average Bonchev–Trinajstić information content (AvgIpc) is 2.43. The Morgan fingerprint density at radius 1 is 1.10 bits per heavy atom. The van der Waals surface area contributed by atoms with E-state index in [1.807, 2.05) is 7.05 Å². The monoisotopic (exact) mass is 268 g/mol. The molecule has 2 rings (SSSR count). The van der Waals surface area contributed by atoms with Crippen LogP contribution < -0.4 is 5.73 Å². The van der Waals surface area contributed by atoms with E-state index in [0.29, 0.717) is 17.8 Å². The fourth-order valence-corrected chi connectivity index (χ4v) is 2.14. The fourth-order valence-electron chi connectivity index (χ4n) is 2.14. The lowest BCUT2D eigenvalue weighted by Crippen LogP contribution is -2.26. The summed E-state index contributed by atoms with van der Waals surface area (Å²) in [6.07, 6.45) is 0. The molecule has 0 aliphatic rings. The number of anilines is 1. The third kappa shape index (κ3) is 3.18. The van der Waals surface area contributed by atoms with Gasteiger partial charge in [0.25, 0.3) is 5.91 Å². The molecule has 0 aliphatic carbocycles. The second-order valence-electron chi connectivity index (χ2n) is 5.21. The number of nitrogen functional groups attached to an aromatic ring is 1. The molecule has 0 aliphatic heterocycles. The molecule has 2 N–H and O–H groups in total. The summed E-state index contributed by atoms with van der Waals surface area (Å²) in [5, 5.41) is 0. The molecular formula is C17H20N2O. The number of hydrogen-bond donors (Lipinski definition) is 1. The minimum Gasteiger partial charge on any atom is -0.399 e. The zero-order valence-corrected chi connectivity index (χ0v) is 12.2. The molecule has 0 aromatic heterocycles. The Bertz CT molecular complexity index is 617. The molecular weight excluding hydrogens is 248 g/mol. The molecule has 3 nitrogen and oxygen atoms in total. The van der Waals surface area contributed by atoms with E-state index in [0.717, 1.165) is 0 Å². The van der Waals surface area contributed by atoms with Gasteiger partial charge in [-0.3, -0.25) is 4.79 Å². The number of aryl methyl sites for hydroxylation is 2. The number of rotatable bonds is 3. The van der Waals surface area contributed by atoms with Gasteiger partial charge in [0.15, 0.2) is 0 Å². The van der Waals surface area contributed by atoms with E-state index in [2.05, 4.69) is 32.0 Å². The predicted molar refractivity (Wildman–Crippen MR) is 82.6 cm³/mol. The van der Waals surface area contributed by atoms with Crippen LogP contribution in [-0.4, -0.2) is 17.9 Å². The number of hydrogen-bond acceptors (Lipinski definition) is 2. The summed E-state index contributed by atoms with van der Waals surface area (Å²) in [6.45, 7) is 4.73. The first-order valence-corrected chi connectivity index (χ1v) is 6.64. The summed E-state index contributed by atoms with van der Waals surface area (Å²) >= 11 is 0. The molecule has 0 unspecified atom stereocenters. The van der Waals surface area contributed by atoms with E-state index in [1.54, 1.807) is 29.2 Å². The van der Waals surface area contributed by atoms with Crippen LogP contribution in [0, 0.1) is 13.8 Å². The van der Waals surface area contributed by atoms with Gasteiger partial charge in [0.1, 0.15) is 0 Å². The first kappa shape index (κ1) is 14.1. The van der Waals surface area contributed by atoms with Crippen molar-refractivity contribution < 1.29 is 4.79 Å². The van der Waals surface area contributed by atoms with Gasteiger partial charge in [-0.2, -0.15) is 0 Å². The number of amides is 1. The van der Waals surface area contributed by atoms with Crippen molar-refractivity contribution in [1.82, 2.24) is 4.90 Å². The Labute approximate surface area is 120 Å². The van der Waals surface area contributed by atoms with E-state index in [-0.39, 0.29) is 5.91 Å². The van der Waals surface area contributed by atoms with Crippen LogP contribution in [0.25, 0.3) is 0 Å². The minimum absolute atomic E-state index is 0.00547. The van der Waals surface area contributed by atoms with Crippen LogP contribution in [0.3, 0.4) is 0 Å². The Morgan fingerprint density at radius 3 is 2.40 bits per heavy atom. The van der Waals surface area contributed by atoms with Crippen LogP contribution in [0.5, 0.6) is 0 Å². The van der Waals surface area contributed by atoms with Crippen molar-refractivity contribution in [1.29, 1.82) is 0 Å². The Balaban J connectivity index is 2.15. The van der Waals surface area contributed by atoms with Gasteiger partial charge in [-0.1, -0.05) is 23.8 Å². The maximum atomic E-state index is 12.3. The van der Waals surface area contributed by atoms with Crippen LogP contribution in [0.1, 0.15) is 27.0 Å². The summed E-state index contributed by atoms with van der Waals surface area (Å²) in [4.78, 5) is 14.1. The lowest BCUT2D eigenvalue weighted by molar-refractivity contribution is 0.0785. The van der Waals surface area contributed by atoms with Crippen molar-refractivity contribution >= 4 is 11.6 Å². The molecule has 3 heteroatoms. The topological polar surface area (TPSA) is 46.3 Å². The average molecular weight is 268 g/mol. The highest BCUT2D eigenvalue weighted by molar-refractivity contribution is 5.94. The largest absolute Gasteiger partial charge is 0.399 e. The predicted octanol–water partition coefficient (Wildman–Crippen LogP) is 3.16. The molecule has 0 bridgehead atoms. The summed E-state index contributed by atoms with van der Waals surface area (Å²) in [5.74, 6) is 0.00547. The van der Waals surface area contributed by atoms with Crippen molar-refractivity contribution in [2.24, 2.45) is 0 Å². The van der Waals surface area contributed by atoms with Crippen molar-refractivity contribution in [3.05, 3.63) is 64.7 Å². The molecule has 20 heavy (non-hydrogen) atoms. The van der Waals surface area contributed by atoms with Crippen LogP contribution in [0.4, 0.5) is 5.69 Å². The van der Waals surface area contributed by atoms with Gasteiger partial charge in [-0.25, -0.2) is 0 Å². The summed E-state index contributed by atoms with van der Waals surface area (Å²) < 4.78 is 0. The lowest BCUT2D eigenvalue weighted by atomic mass is 10.0. The van der Waals surface area contributed by atoms with Crippen molar-refractivity contribution in [3.63, 3.8) is 0 Å². The summed E-state index contributed by atoms with van der Waals surface area (Å²) in [7, 11) is 1.82. The smallest absolute Gasteiger partial charge is 0.253 e. The van der Waals surface area contributed by atoms with Crippen LogP contribution in [-0.2, 0) is 6.54 Å². The molecule has 1 amide bonds. The van der Waals surface area contributed by atoms with Gasteiger partial charge in [0.2, 0.25) is 0 Å². The maximum Gasteiger partial charge on any atom is 0.253 e. The van der Waals surface area contributed by atoms with E-state index < -0.39 is 0 Å². The van der Waals surface area contributed by atoms with Crippen LogP contribution in [0.2, 0.25) is 0 Å². The minimum atomic E-state index is 0.00547. The highest BCUT2D eigenvalue weighted by atomic mass is 16.2. The Hall–Kier alpha value is -2.29. The molecule has 0 saturated heterocycles. The van der Waals surface area contributed by atoms with Crippen molar-refractivity contribution in [3.8, 4) is 0 Å². The third-order valence-corrected chi connectivity index (χ3v) is 3.42. The highest BCUT2D eigenvalue weighted by Crippen LogP contribution is 2.15. The number of nitrogens with two attached hydrogens (primary N) is 1. The molecule has 0 heterocycles. The van der Waals surface area contributed by atoms with Gasteiger partial charge < -0.3 is 10.6 Å². The number of benzene rings is 2. The number of nitrogens with zero attached hydrogens (tertiary/aromatic N) is 1. The molecule has 2 aromatic carbocycles. The normalized spacial score (nSPS) is 10.3. The van der Waals surface area contributed by atoms with E-state index in [1.165, 1.54) is 16.7 Å². The highest BCUT2D eigenvalue weighted by Gasteiger charge is 2.12. The second kappa shape index (κ2) is 5.78. The fraction of sp³-hybridized carbons (Fsp3) is 0.235. The van der Waals surface area contributed by atoms with Gasteiger partial charge in [-0.05, 0) is 49.2 Å². The molecule has 0 spiro atoms. The van der Waals surface area contributed by atoms with Crippen molar-refractivity contribution in [2.75, 3.05) is 12.8 Å². The van der Waals surface area contributed by atoms with Gasteiger partial charge in [-0.15, -0.1) is 0 Å². The Morgan fingerprint density at radius 2 is 1.75 bits per heavy atom. The number of carbonyl (C=O) groups excluding carboxylic acids is 1. The molecule has 0 fully saturated rings. The molecule has 0 atom stereocenters. The molecule has 0 radical (unpaired) electrons. The lowest BCUT2D eigenvalue weighted by Gasteiger charge is -2.19. The summed E-state index contributed by atoms with van der Waals surface area (Å²) in [6, 6.07) is 13.3. The number of carbonyl (C=O) groups is 1. The third-order valence-electron chi connectivity index (χ3n) is 3.42. The molecule has 2 aromatic rings. The van der Waals surface area contributed by atoms with Crippen molar-refractivity contribution in [2.45, 2.75) is 20.4 Å². The maximum absolute atomic E-state index is 12.3. The van der Waals surface area contributed by atoms with Gasteiger partial charge >= 0.3 is 0 Å².